The van der Waals surface area contributed by atoms with Gasteiger partial charge in [-0.2, -0.15) is 0 Å². The van der Waals surface area contributed by atoms with Gasteiger partial charge in [-0.1, -0.05) is 12.1 Å². The number of amides is 4. The minimum absolute atomic E-state index is 0.0569. The summed E-state index contributed by atoms with van der Waals surface area (Å²) < 4.78 is 1.06. The van der Waals surface area contributed by atoms with Crippen LogP contribution in [0.5, 0.6) is 0 Å². The molecular formula is C20H27IN4O8. The molecule has 12 nitrogen and oxygen atoms in total. The summed E-state index contributed by atoms with van der Waals surface area (Å²) in [7, 11) is 0. The lowest BCUT2D eigenvalue weighted by Gasteiger charge is -2.18. The molecule has 182 valence electrons. The second kappa shape index (κ2) is 14.9. The van der Waals surface area contributed by atoms with Gasteiger partial charge in [0.15, 0.2) is 0 Å². The van der Waals surface area contributed by atoms with Gasteiger partial charge in [0.25, 0.3) is 0 Å². The standard InChI is InChI=1S/C20H27IN4O8/c21-13-5-3-4-12(10-13)11-23-19(32)22-9-2-1-6-14(17(28)29)24-20(33)25-15(18(30)31)7-8-16(26)27/h3-5,10,14-15H,1-2,6-9,11H2,(H,26,27)(H,28,29)(H,30,31)(H2,22,23,32)(H2,24,25,33). The zero-order valence-corrected chi connectivity index (χ0v) is 19.8. The lowest BCUT2D eigenvalue weighted by atomic mass is 10.1. The summed E-state index contributed by atoms with van der Waals surface area (Å²) in [6.07, 6.45) is 0.0785. The lowest BCUT2D eigenvalue weighted by molar-refractivity contribution is -0.140. The van der Waals surface area contributed by atoms with E-state index in [1.807, 2.05) is 24.3 Å². The predicted octanol–water partition coefficient (Wildman–Crippen LogP) is 1.33. The number of carboxylic acid groups (broad SMARTS) is 3. The van der Waals surface area contributed by atoms with Crippen molar-refractivity contribution in [2.45, 2.75) is 50.7 Å². The molecule has 13 heteroatoms. The van der Waals surface area contributed by atoms with E-state index >= 15 is 0 Å². The van der Waals surface area contributed by atoms with Crippen LogP contribution in [-0.2, 0) is 20.9 Å². The van der Waals surface area contributed by atoms with Crippen LogP contribution in [0.3, 0.4) is 0 Å². The Morgan fingerprint density at radius 2 is 1.48 bits per heavy atom. The van der Waals surface area contributed by atoms with E-state index in [1.54, 1.807) is 0 Å². The predicted molar refractivity (Wildman–Crippen MR) is 125 cm³/mol. The number of nitrogens with one attached hydrogen (secondary N) is 4. The summed E-state index contributed by atoms with van der Waals surface area (Å²) >= 11 is 2.18. The quantitative estimate of drug-likeness (QED) is 0.127. The molecule has 0 aromatic heterocycles. The van der Waals surface area contributed by atoms with Gasteiger partial charge in [0.05, 0.1) is 0 Å². The topological polar surface area (TPSA) is 194 Å². The van der Waals surface area contributed by atoms with Crippen molar-refractivity contribution in [1.82, 2.24) is 21.3 Å². The maximum atomic E-state index is 11.9. The second-order valence-electron chi connectivity index (χ2n) is 7.07. The highest BCUT2D eigenvalue weighted by Gasteiger charge is 2.24. The first kappa shape index (κ1) is 27.9. The third-order valence-electron chi connectivity index (χ3n) is 4.40. The van der Waals surface area contributed by atoms with Crippen LogP contribution in [0.2, 0.25) is 0 Å². The minimum Gasteiger partial charge on any atom is -0.481 e. The summed E-state index contributed by atoms with van der Waals surface area (Å²) in [4.78, 5) is 56.8. The fourth-order valence-electron chi connectivity index (χ4n) is 2.71. The zero-order valence-electron chi connectivity index (χ0n) is 17.7. The molecule has 2 atom stereocenters. The van der Waals surface area contributed by atoms with Gasteiger partial charge >= 0.3 is 30.0 Å². The van der Waals surface area contributed by atoms with Crippen molar-refractivity contribution in [2.75, 3.05) is 6.54 Å². The number of hydrogen-bond donors (Lipinski definition) is 7. The molecule has 0 saturated carbocycles. The molecule has 0 heterocycles. The molecular weight excluding hydrogens is 551 g/mol. The Hall–Kier alpha value is -3.10. The van der Waals surface area contributed by atoms with Crippen molar-refractivity contribution in [3.05, 3.63) is 33.4 Å². The second-order valence-corrected chi connectivity index (χ2v) is 8.31. The highest BCUT2D eigenvalue weighted by atomic mass is 127. The van der Waals surface area contributed by atoms with Crippen molar-refractivity contribution >= 4 is 52.6 Å². The van der Waals surface area contributed by atoms with Crippen LogP contribution in [0.15, 0.2) is 24.3 Å². The number of rotatable bonds is 14. The average Bonchev–Trinajstić information content (AvgIpc) is 2.73. The molecule has 0 saturated heterocycles. The Kier molecular flexibility index (Phi) is 12.6. The summed E-state index contributed by atoms with van der Waals surface area (Å²) in [6.45, 7) is 0.666. The summed E-state index contributed by atoms with van der Waals surface area (Å²) in [5.74, 6) is -3.95. The van der Waals surface area contributed by atoms with E-state index in [1.165, 1.54) is 0 Å². The molecule has 1 aromatic rings. The van der Waals surface area contributed by atoms with Crippen LogP contribution >= 0.6 is 22.6 Å². The molecule has 7 N–H and O–H groups in total. The number of benzene rings is 1. The van der Waals surface area contributed by atoms with Gasteiger partial charge in [0.1, 0.15) is 12.1 Å². The summed E-state index contributed by atoms with van der Waals surface area (Å²) in [5.41, 5.74) is 0.957. The Labute approximate surface area is 203 Å². The van der Waals surface area contributed by atoms with Crippen LogP contribution in [-0.4, -0.2) is 63.9 Å². The molecule has 2 unspecified atom stereocenters. The summed E-state index contributed by atoms with van der Waals surface area (Å²) in [6, 6.07) is 3.56. The van der Waals surface area contributed by atoms with E-state index in [9.17, 15) is 29.1 Å². The molecule has 0 spiro atoms. The Balaban J connectivity index is 2.33. The number of hydrogen-bond acceptors (Lipinski definition) is 5. The number of carbonyl (C=O) groups excluding carboxylic acids is 2. The van der Waals surface area contributed by atoms with Crippen molar-refractivity contribution in [2.24, 2.45) is 0 Å². The first-order valence-corrected chi connectivity index (χ1v) is 11.2. The van der Waals surface area contributed by atoms with Crippen LogP contribution in [0.1, 0.15) is 37.7 Å². The Morgan fingerprint density at radius 3 is 2.06 bits per heavy atom. The molecule has 1 aromatic carbocycles. The van der Waals surface area contributed by atoms with Gasteiger partial charge in [-0.25, -0.2) is 19.2 Å². The SMILES string of the molecule is O=C(O)CCC(NC(=O)NC(CCCCNC(=O)NCc1cccc(I)c1)C(=O)O)C(=O)O. The van der Waals surface area contributed by atoms with E-state index in [-0.39, 0.29) is 18.9 Å². The maximum absolute atomic E-state index is 11.9. The fraction of sp³-hybridized carbons (Fsp3) is 0.450. The van der Waals surface area contributed by atoms with E-state index in [4.69, 9.17) is 10.2 Å². The van der Waals surface area contributed by atoms with E-state index in [0.717, 1.165) is 9.13 Å². The van der Waals surface area contributed by atoms with E-state index in [2.05, 4.69) is 43.9 Å². The van der Waals surface area contributed by atoms with Crippen LogP contribution in [0, 0.1) is 3.57 Å². The highest BCUT2D eigenvalue weighted by Crippen LogP contribution is 2.07. The summed E-state index contributed by atoms with van der Waals surface area (Å²) in [5, 5.41) is 36.6. The van der Waals surface area contributed by atoms with Gasteiger partial charge in [-0.15, -0.1) is 0 Å². The molecule has 0 radical (unpaired) electrons. The number of unbranched alkanes of at least 4 members (excludes halogenated alkanes) is 1. The first-order valence-electron chi connectivity index (χ1n) is 10.1. The van der Waals surface area contributed by atoms with Crippen molar-refractivity contribution in [3.63, 3.8) is 0 Å². The van der Waals surface area contributed by atoms with Gasteiger partial charge < -0.3 is 36.6 Å². The Morgan fingerprint density at radius 1 is 0.848 bits per heavy atom. The monoisotopic (exact) mass is 578 g/mol. The maximum Gasteiger partial charge on any atom is 0.326 e. The normalized spacial score (nSPS) is 12.2. The zero-order chi connectivity index (χ0) is 24.8. The van der Waals surface area contributed by atoms with Gasteiger partial charge in [-0.05, 0) is 66.0 Å². The smallest absolute Gasteiger partial charge is 0.326 e. The lowest BCUT2D eigenvalue weighted by Crippen LogP contribution is -2.51. The molecule has 0 aliphatic heterocycles. The van der Waals surface area contributed by atoms with Crippen LogP contribution < -0.4 is 21.3 Å². The molecule has 0 aliphatic rings. The van der Waals surface area contributed by atoms with Crippen molar-refractivity contribution in [3.8, 4) is 0 Å². The third-order valence-corrected chi connectivity index (χ3v) is 5.07. The molecule has 0 bridgehead atoms. The van der Waals surface area contributed by atoms with Gasteiger partial charge in [0.2, 0.25) is 0 Å². The van der Waals surface area contributed by atoms with E-state index in [0.29, 0.717) is 25.9 Å². The first-order chi connectivity index (χ1) is 15.6. The Bertz CT molecular complexity index is 851. The molecule has 0 fully saturated rings. The number of carboxylic acids is 3. The molecule has 0 aliphatic carbocycles. The largest absolute Gasteiger partial charge is 0.481 e. The van der Waals surface area contributed by atoms with E-state index < -0.39 is 42.4 Å². The number of carbonyl (C=O) groups is 5. The average molecular weight is 578 g/mol. The van der Waals surface area contributed by atoms with Crippen molar-refractivity contribution < 1.29 is 39.3 Å². The van der Waals surface area contributed by atoms with Gasteiger partial charge in [0, 0.05) is 23.1 Å². The van der Waals surface area contributed by atoms with Gasteiger partial charge in [-0.3, -0.25) is 4.79 Å². The molecule has 4 amide bonds. The minimum atomic E-state index is -1.46. The number of urea groups is 2. The number of aliphatic carboxylic acids is 3. The van der Waals surface area contributed by atoms with Crippen LogP contribution in [0.25, 0.3) is 0 Å². The molecule has 1 rings (SSSR count). The third kappa shape index (κ3) is 12.5. The number of halogens is 1. The van der Waals surface area contributed by atoms with Crippen LogP contribution in [0.4, 0.5) is 9.59 Å². The van der Waals surface area contributed by atoms with Crippen molar-refractivity contribution in [1.29, 1.82) is 0 Å². The molecule has 33 heavy (non-hydrogen) atoms. The highest BCUT2D eigenvalue weighted by molar-refractivity contribution is 14.1. The fourth-order valence-corrected chi connectivity index (χ4v) is 3.32.